The van der Waals surface area contributed by atoms with Crippen LogP contribution in [0.15, 0.2) is 24.3 Å². The van der Waals surface area contributed by atoms with Gasteiger partial charge in [0.1, 0.15) is 6.04 Å². The molecular weight excluding hydrogens is 344 g/mol. The van der Waals surface area contributed by atoms with Crippen molar-refractivity contribution in [2.75, 3.05) is 6.54 Å². The number of aliphatic carboxylic acids is 1. The highest BCUT2D eigenvalue weighted by atomic mass is 16.4. The van der Waals surface area contributed by atoms with Gasteiger partial charge in [-0.15, -0.1) is 0 Å². The lowest BCUT2D eigenvalue weighted by Crippen LogP contribution is -2.55. The summed E-state index contributed by atoms with van der Waals surface area (Å²) >= 11 is 0. The Morgan fingerprint density at radius 2 is 1.81 bits per heavy atom. The molecule has 2 amide bonds. The molecule has 27 heavy (non-hydrogen) atoms. The summed E-state index contributed by atoms with van der Waals surface area (Å²) in [6.07, 6.45) is 1.35. The Morgan fingerprint density at radius 1 is 1.15 bits per heavy atom. The quantitative estimate of drug-likeness (QED) is 0.880. The minimum absolute atomic E-state index is 0.0144. The van der Waals surface area contributed by atoms with Crippen LogP contribution in [0.1, 0.15) is 44.7 Å². The molecule has 2 heterocycles. The lowest BCUT2D eigenvalue weighted by atomic mass is 9.92. The minimum atomic E-state index is -0.862. The molecule has 3 rings (SSSR count). The highest BCUT2D eigenvalue weighted by Gasteiger charge is 2.43. The molecule has 0 spiro atoms. The van der Waals surface area contributed by atoms with Crippen LogP contribution in [0.3, 0.4) is 0 Å². The van der Waals surface area contributed by atoms with E-state index in [0.717, 1.165) is 11.1 Å². The summed E-state index contributed by atoms with van der Waals surface area (Å²) < 4.78 is 0. The van der Waals surface area contributed by atoms with Crippen LogP contribution >= 0.6 is 0 Å². The van der Waals surface area contributed by atoms with Crippen molar-refractivity contribution in [2.45, 2.75) is 58.7 Å². The number of amides is 2. The maximum Gasteiger partial charge on any atom is 0.308 e. The van der Waals surface area contributed by atoms with Crippen LogP contribution in [0.25, 0.3) is 0 Å². The number of hydrogen-bond acceptors (Lipinski definition) is 3. The Labute approximate surface area is 160 Å². The zero-order chi connectivity index (χ0) is 19.7. The standard InChI is InChI=1S/C21H28N2O4/c1-13(2)10-19(24)23-12-16-7-5-4-6-15(16)11-18(23)20(25)22-9-8-17(14(22)3)21(26)27/h4-7,13-14,17-18H,8-12H2,1-3H3,(H,26,27). The number of benzene rings is 1. The van der Waals surface area contributed by atoms with Crippen LogP contribution in [-0.4, -0.2) is 51.3 Å². The van der Waals surface area contributed by atoms with E-state index in [1.807, 2.05) is 38.1 Å². The van der Waals surface area contributed by atoms with Crippen LogP contribution in [0, 0.1) is 11.8 Å². The number of carboxylic acids is 1. The highest BCUT2D eigenvalue weighted by molar-refractivity contribution is 5.89. The molecule has 0 saturated carbocycles. The van der Waals surface area contributed by atoms with Gasteiger partial charge in [0.25, 0.3) is 0 Å². The van der Waals surface area contributed by atoms with Crippen molar-refractivity contribution < 1.29 is 19.5 Å². The van der Waals surface area contributed by atoms with Gasteiger partial charge in [-0.25, -0.2) is 0 Å². The average molecular weight is 372 g/mol. The third-order valence-corrected chi connectivity index (χ3v) is 5.79. The molecule has 1 fully saturated rings. The molecule has 6 nitrogen and oxygen atoms in total. The largest absolute Gasteiger partial charge is 0.481 e. The van der Waals surface area contributed by atoms with Gasteiger partial charge in [0.15, 0.2) is 0 Å². The van der Waals surface area contributed by atoms with Crippen molar-refractivity contribution in [2.24, 2.45) is 11.8 Å². The van der Waals surface area contributed by atoms with Gasteiger partial charge in [0, 0.05) is 32.0 Å². The molecule has 0 radical (unpaired) electrons. The van der Waals surface area contributed by atoms with Gasteiger partial charge in [0.2, 0.25) is 11.8 Å². The first kappa shape index (κ1) is 19.4. The van der Waals surface area contributed by atoms with Gasteiger partial charge in [-0.05, 0) is 30.4 Å². The van der Waals surface area contributed by atoms with Gasteiger partial charge in [-0.2, -0.15) is 0 Å². The predicted octanol–water partition coefficient (Wildman–Crippen LogP) is 2.31. The fraction of sp³-hybridized carbons (Fsp3) is 0.571. The number of nitrogens with zero attached hydrogens (tertiary/aromatic N) is 2. The number of carboxylic acid groups (broad SMARTS) is 1. The number of carbonyl (C=O) groups is 3. The summed E-state index contributed by atoms with van der Waals surface area (Å²) in [5, 5.41) is 9.36. The highest BCUT2D eigenvalue weighted by Crippen LogP contribution is 2.30. The predicted molar refractivity (Wildman–Crippen MR) is 101 cm³/mol. The molecule has 1 N–H and O–H groups in total. The minimum Gasteiger partial charge on any atom is -0.481 e. The number of carbonyl (C=O) groups excluding carboxylic acids is 2. The Bertz CT molecular complexity index is 745. The van der Waals surface area contributed by atoms with Crippen molar-refractivity contribution in [3.63, 3.8) is 0 Å². The van der Waals surface area contributed by atoms with Crippen LogP contribution in [0.4, 0.5) is 0 Å². The van der Waals surface area contributed by atoms with E-state index in [1.165, 1.54) is 0 Å². The Kier molecular flexibility index (Phi) is 5.53. The lowest BCUT2D eigenvalue weighted by Gasteiger charge is -2.39. The van der Waals surface area contributed by atoms with E-state index >= 15 is 0 Å². The molecule has 3 unspecified atom stereocenters. The molecule has 1 aromatic rings. The smallest absolute Gasteiger partial charge is 0.308 e. The summed E-state index contributed by atoms with van der Waals surface area (Å²) in [5.41, 5.74) is 2.17. The van der Waals surface area contributed by atoms with E-state index in [1.54, 1.807) is 16.7 Å². The third kappa shape index (κ3) is 3.84. The SMILES string of the molecule is CC(C)CC(=O)N1Cc2ccccc2CC1C(=O)N1CCC(C(=O)O)C1C. The van der Waals surface area contributed by atoms with Crippen molar-refractivity contribution >= 4 is 17.8 Å². The normalized spacial score (nSPS) is 24.8. The fourth-order valence-electron chi connectivity index (χ4n) is 4.24. The maximum atomic E-state index is 13.3. The second-order valence-corrected chi connectivity index (χ2v) is 8.11. The van der Waals surface area contributed by atoms with Crippen molar-refractivity contribution in [3.8, 4) is 0 Å². The first-order chi connectivity index (χ1) is 12.8. The first-order valence-electron chi connectivity index (χ1n) is 9.69. The average Bonchev–Trinajstić information content (AvgIpc) is 3.01. The van der Waals surface area contributed by atoms with Crippen LogP contribution in [-0.2, 0) is 27.3 Å². The van der Waals surface area contributed by atoms with Gasteiger partial charge < -0.3 is 14.9 Å². The summed E-state index contributed by atoms with van der Waals surface area (Å²) in [5.74, 6) is -1.32. The molecule has 1 saturated heterocycles. The van der Waals surface area contributed by atoms with Gasteiger partial charge in [-0.3, -0.25) is 14.4 Å². The van der Waals surface area contributed by atoms with Crippen LogP contribution < -0.4 is 0 Å². The lowest BCUT2D eigenvalue weighted by molar-refractivity contribution is -0.149. The molecule has 6 heteroatoms. The maximum absolute atomic E-state index is 13.3. The molecular formula is C21H28N2O4. The van der Waals surface area contributed by atoms with Crippen molar-refractivity contribution in [1.82, 2.24) is 9.80 Å². The second kappa shape index (κ2) is 7.71. The third-order valence-electron chi connectivity index (χ3n) is 5.79. The Balaban J connectivity index is 1.87. The zero-order valence-electron chi connectivity index (χ0n) is 16.2. The van der Waals surface area contributed by atoms with Crippen molar-refractivity contribution in [1.29, 1.82) is 0 Å². The molecule has 3 atom stereocenters. The number of fused-ring (bicyclic) bond motifs is 1. The first-order valence-corrected chi connectivity index (χ1v) is 9.69. The van der Waals surface area contributed by atoms with E-state index in [0.29, 0.717) is 32.4 Å². The molecule has 0 bridgehead atoms. The number of hydrogen-bond donors (Lipinski definition) is 1. The monoisotopic (exact) mass is 372 g/mol. The van der Waals surface area contributed by atoms with Crippen molar-refractivity contribution in [3.05, 3.63) is 35.4 Å². The van der Waals surface area contributed by atoms with E-state index in [4.69, 9.17) is 0 Å². The summed E-state index contributed by atoms with van der Waals surface area (Å²) in [6.45, 7) is 6.64. The molecule has 146 valence electrons. The zero-order valence-corrected chi connectivity index (χ0v) is 16.2. The second-order valence-electron chi connectivity index (χ2n) is 8.11. The molecule has 0 aromatic heterocycles. The van der Waals surface area contributed by atoms with E-state index in [-0.39, 0.29) is 23.8 Å². The van der Waals surface area contributed by atoms with Gasteiger partial charge in [-0.1, -0.05) is 38.1 Å². The molecule has 1 aromatic carbocycles. The van der Waals surface area contributed by atoms with Crippen LogP contribution in [0.5, 0.6) is 0 Å². The summed E-state index contributed by atoms with van der Waals surface area (Å²) in [7, 11) is 0. The van der Waals surface area contributed by atoms with E-state index in [2.05, 4.69) is 0 Å². The molecule has 2 aliphatic rings. The Hall–Kier alpha value is -2.37. The molecule has 2 aliphatic heterocycles. The van der Waals surface area contributed by atoms with E-state index in [9.17, 15) is 19.5 Å². The fourth-order valence-corrected chi connectivity index (χ4v) is 4.24. The Morgan fingerprint density at radius 3 is 2.41 bits per heavy atom. The van der Waals surface area contributed by atoms with Crippen LogP contribution in [0.2, 0.25) is 0 Å². The summed E-state index contributed by atoms with van der Waals surface area (Å²) in [4.78, 5) is 41.0. The van der Waals surface area contributed by atoms with Gasteiger partial charge in [0.05, 0.1) is 5.92 Å². The topological polar surface area (TPSA) is 77.9 Å². The van der Waals surface area contributed by atoms with Gasteiger partial charge >= 0.3 is 5.97 Å². The van der Waals surface area contributed by atoms with E-state index < -0.39 is 17.9 Å². The number of likely N-dealkylation sites (tertiary alicyclic amines) is 1. The molecule has 0 aliphatic carbocycles. The number of rotatable bonds is 4. The summed E-state index contributed by atoms with van der Waals surface area (Å²) in [6, 6.07) is 7.00.